The van der Waals surface area contributed by atoms with E-state index in [1.165, 1.54) is 36.4 Å². The van der Waals surface area contributed by atoms with E-state index >= 15 is 0 Å². The molecule has 168 valence electrons. The zero-order valence-electron chi connectivity index (χ0n) is 16.7. The highest BCUT2D eigenvalue weighted by atomic mass is 32.1. The first-order chi connectivity index (χ1) is 15.6. The standard InChI is InChI=1S/C24H15F4NO2S2/c1-13(21-22(30)29-23(32)33-21)15-11-18(14-6-5-7-16(25)10-14)20(24(26,27)28)19(12-15)31-17-8-3-2-4-9-17/h2-12,30H,1H2,(H,29,32). The molecule has 0 bridgehead atoms. The summed E-state index contributed by atoms with van der Waals surface area (Å²) in [5.41, 5.74) is -0.853. The van der Waals surface area contributed by atoms with Gasteiger partial charge in [-0.15, -0.1) is 11.3 Å². The van der Waals surface area contributed by atoms with Crippen LogP contribution in [0.1, 0.15) is 16.0 Å². The molecule has 0 aliphatic carbocycles. The molecule has 0 fully saturated rings. The Balaban J connectivity index is 1.99. The number of nitrogens with one attached hydrogen (secondary N) is 1. The maximum Gasteiger partial charge on any atom is 0.420 e. The van der Waals surface area contributed by atoms with Crippen molar-refractivity contribution in [3.63, 3.8) is 0 Å². The smallest absolute Gasteiger partial charge is 0.420 e. The minimum Gasteiger partial charge on any atom is -0.494 e. The van der Waals surface area contributed by atoms with Crippen molar-refractivity contribution < 1.29 is 27.4 Å². The number of aromatic nitrogens is 1. The number of aromatic hydroxyl groups is 1. The van der Waals surface area contributed by atoms with Gasteiger partial charge in [0, 0.05) is 0 Å². The highest BCUT2D eigenvalue weighted by Gasteiger charge is 2.38. The fraction of sp³-hybridized carbons (Fsp3) is 0.0417. The van der Waals surface area contributed by atoms with Crippen molar-refractivity contribution in [2.75, 3.05) is 0 Å². The number of aromatic amines is 1. The van der Waals surface area contributed by atoms with Gasteiger partial charge in [0.2, 0.25) is 5.88 Å². The van der Waals surface area contributed by atoms with E-state index in [4.69, 9.17) is 17.0 Å². The highest BCUT2D eigenvalue weighted by molar-refractivity contribution is 7.73. The van der Waals surface area contributed by atoms with Crippen molar-refractivity contribution in [3.8, 4) is 28.5 Å². The Hall–Kier alpha value is -3.43. The van der Waals surface area contributed by atoms with Crippen LogP contribution >= 0.6 is 23.6 Å². The van der Waals surface area contributed by atoms with Crippen LogP contribution in [0.3, 0.4) is 0 Å². The Bertz CT molecular complexity index is 1390. The molecule has 0 amide bonds. The zero-order valence-corrected chi connectivity index (χ0v) is 18.4. The van der Waals surface area contributed by atoms with Crippen molar-refractivity contribution in [1.82, 2.24) is 4.98 Å². The van der Waals surface area contributed by atoms with Crippen molar-refractivity contribution in [3.05, 3.63) is 99.1 Å². The summed E-state index contributed by atoms with van der Waals surface area (Å²) >= 11 is 6.06. The molecule has 0 radical (unpaired) electrons. The fourth-order valence-corrected chi connectivity index (χ4v) is 4.39. The Morgan fingerprint density at radius 3 is 2.36 bits per heavy atom. The summed E-state index contributed by atoms with van der Waals surface area (Å²) in [4.78, 5) is 2.84. The molecule has 0 spiro atoms. The number of hydrogen-bond donors (Lipinski definition) is 2. The van der Waals surface area contributed by atoms with E-state index in [0.717, 1.165) is 23.5 Å². The quantitative estimate of drug-likeness (QED) is 0.219. The SMILES string of the molecule is C=C(c1cc(Oc2ccccc2)c(C(F)(F)F)c(-c2cccc(F)c2)c1)c1sc(=S)[nH]c1O. The number of rotatable bonds is 5. The lowest BCUT2D eigenvalue weighted by Gasteiger charge is -2.20. The third-order valence-electron chi connectivity index (χ3n) is 4.75. The lowest BCUT2D eigenvalue weighted by atomic mass is 9.93. The summed E-state index contributed by atoms with van der Waals surface area (Å²) in [6, 6.07) is 15.3. The van der Waals surface area contributed by atoms with Gasteiger partial charge in [-0.05, 0) is 70.9 Å². The molecule has 3 nitrogen and oxygen atoms in total. The van der Waals surface area contributed by atoms with Gasteiger partial charge in [0.1, 0.15) is 22.9 Å². The molecule has 9 heteroatoms. The minimum atomic E-state index is -4.81. The number of halogens is 4. The average Bonchev–Trinajstić information content (AvgIpc) is 3.10. The molecular weight excluding hydrogens is 474 g/mol. The second kappa shape index (κ2) is 8.84. The molecule has 0 atom stereocenters. The molecule has 1 aromatic heterocycles. The molecular formula is C24H15F4NO2S2. The lowest BCUT2D eigenvalue weighted by Crippen LogP contribution is -2.10. The maximum atomic E-state index is 14.3. The van der Waals surface area contributed by atoms with Crippen LogP contribution in [-0.2, 0) is 6.18 Å². The summed E-state index contributed by atoms with van der Waals surface area (Å²) in [5, 5.41) is 10.1. The van der Waals surface area contributed by atoms with E-state index in [1.54, 1.807) is 18.2 Å². The van der Waals surface area contributed by atoms with E-state index < -0.39 is 23.3 Å². The van der Waals surface area contributed by atoms with E-state index in [0.29, 0.717) is 0 Å². The maximum absolute atomic E-state index is 14.3. The van der Waals surface area contributed by atoms with Gasteiger partial charge < -0.3 is 14.8 Å². The lowest BCUT2D eigenvalue weighted by molar-refractivity contribution is -0.138. The Morgan fingerprint density at radius 1 is 1.03 bits per heavy atom. The minimum absolute atomic E-state index is 0.0146. The summed E-state index contributed by atoms with van der Waals surface area (Å²) < 4.78 is 62.7. The van der Waals surface area contributed by atoms with Crippen molar-refractivity contribution in [1.29, 1.82) is 0 Å². The van der Waals surface area contributed by atoms with Crippen LogP contribution in [0.2, 0.25) is 0 Å². The number of ether oxygens (including phenoxy) is 1. The molecule has 0 aliphatic heterocycles. The number of para-hydroxylation sites is 1. The van der Waals surface area contributed by atoms with Gasteiger partial charge in [-0.25, -0.2) is 4.39 Å². The van der Waals surface area contributed by atoms with Gasteiger partial charge in [0.15, 0.2) is 3.95 Å². The predicted octanol–water partition coefficient (Wildman–Crippen LogP) is 8.19. The Labute approximate surface area is 195 Å². The second-order valence-electron chi connectivity index (χ2n) is 6.99. The molecule has 0 saturated carbocycles. The van der Waals surface area contributed by atoms with E-state index in [-0.39, 0.29) is 42.7 Å². The van der Waals surface area contributed by atoms with Crippen LogP contribution in [0, 0.1) is 9.77 Å². The van der Waals surface area contributed by atoms with Crippen molar-refractivity contribution in [2.24, 2.45) is 0 Å². The van der Waals surface area contributed by atoms with Crippen LogP contribution in [0.4, 0.5) is 17.6 Å². The van der Waals surface area contributed by atoms with Crippen LogP contribution in [0.15, 0.2) is 73.3 Å². The van der Waals surface area contributed by atoms with Gasteiger partial charge in [-0.2, -0.15) is 13.2 Å². The molecule has 4 aromatic rings. The van der Waals surface area contributed by atoms with Crippen molar-refractivity contribution >= 4 is 29.1 Å². The first-order valence-electron chi connectivity index (χ1n) is 9.49. The molecule has 4 rings (SSSR count). The number of benzene rings is 3. The average molecular weight is 490 g/mol. The van der Waals surface area contributed by atoms with Crippen LogP contribution in [-0.4, -0.2) is 10.1 Å². The molecule has 0 aliphatic rings. The summed E-state index contributed by atoms with van der Waals surface area (Å²) in [6.45, 7) is 3.93. The first-order valence-corrected chi connectivity index (χ1v) is 10.7. The highest BCUT2D eigenvalue weighted by Crippen LogP contribution is 2.47. The molecule has 0 unspecified atom stereocenters. The summed E-state index contributed by atoms with van der Waals surface area (Å²) in [7, 11) is 0. The van der Waals surface area contributed by atoms with Crippen LogP contribution < -0.4 is 4.74 Å². The van der Waals surface area contributed by atoms with Gasteiger partial charge in [0.05, 0.1) is 4.88 Å². The van der Waals surface area contributed by atoms with E-state index in [2.05, 4.69) is 11.6 Å². The van der Waals surface area contributed by atoms with Gasteiger partial charge in [-0.1, -0.05) is 36.9 Å². The van der Waals surface area contributed by atoms with E-state index in [9.17, 15) is 22.7 Å². The second-order valence-corrected chi connectivity index (χ2v) is 8.68. The van der Waals surface area contributed by atoms with Crippen LogP contribution in [0.5, 0.6) is 17.4 Å². The molecule has 0 saturated heterocycles. The van der Waals surface area contributed by atoms with E-state index in [1.807, 2.05) is 0 Å². The van der Waals surface area contributed by atoms with Crippen LogP contribution in [0.25, 0.3) is 16.7 Å². The topological polar surface area (TPSA) is 45.2 Å². The molecule has 3 aromatic carbocycles. The van der Waals surface area contributed by atoms with Crippen molar-refractivity contribution in [2.45, 2.75) is 6.18 Å². The number of H-pyrrole nitrogens is 1. The fourth-order valence-electron chi connectivity index (χ4n) is 3.32. The number of hydrogen-bond acceptors (Lipinski definition) is 4. The zero-order chi connectivity index (χ0) is 23.8. The van der Waals surface area contributed by atoms with Gasteiger partial charge in [0.25, 0.3) is 0 Å². The number of thiazole rings is 1. The summed E-state index contributed by atoms with van der Waals surface area (Å²) in [5.74, 6) is -1.22. The Morgan fingerprint density at radius 2 is 1.76 bits per heavy atom. The molecule has 1 heterocycles. The van der Waals surface area contributed by atoms with Gasteiger partial charge >= 0.3 is 6.18 Å². The van der Waals surface area contributed by atoms with Gasteiger partial charge in [-0.3, -0.25) is 0 Å². The predicted molar refractivity (Wildman–Crippen MR) is 123 cm³/mol. The molecule has 2 N–H and O–H groups in total. The largest absolute Gasteiger partial charge is 0.494 e. The monoisotopic (exact) mass is 489 g/mol. The number of alkyl halides is 3. The third kappa shape index (κ3) is 4.84. The first kappa shape index (κ1) is 22.8. The molecule has 33 heavy (non-hydrogen) atoms. The third-order valence-corrected chi connectivity index (χ3v) is 6.03. The normalized spacial score (nSPS) is 11.4. The Kier molecular flexibility index (Phi) is 6.09. The summed E-state index contributed by atoms with van der Waals surface area (Å²) in [6.07, 6.45) is -4.81.